The Morgan fingerprint density at radius 1 is 0.857 bits per heavy atom. The van der Waals surface area contributed by atoms with Crippen LogP contribution in [-0.4, -0.2) is 62.7 Å². The Morgan fingerprint density at radius 3 is 2.32 bits per heavy atom. The first-order chi connectivity index (χ1) is 30.8. The molecule has 5 aromatic carbocycles. The highest BCUT2D eigenvalue weighted by atomic mass is 32.1. The fourth-order valence-electron chi connectivity index (χ4n) is 10.3. The molecule has 3 aliphatic heterocycles. The van der Waals surface area contributed by atoms with Crippen LogP contribution in [0.5, 0.6) is 5.75 Å². The first kappa shape index (κ1) is 40.7. The summed E-state index contributed by atoms with van der Waals surface area (Å²) in [6, 6.07) is 36.6. The van der Waals surface area contributed by atoms with Crippen molar-refractivity contribution in [2.24, 2.45) is 5.92 Å². The third kappa shape index (κ3) is 7.25. The van der Waals surface area contributed by atoms with Crippen molar-refractivity contribution in [3.8, 4) is 17.6 Å². The summed E-state index contributed by atoms with van der Waals surface area (Å²) in [5, 5.41) is 27.9. The number of nitrogens with one attached hydrogen (secondary N) is 2. The Labute approximate surface area is 369 Å². The molecule has 2 saturated heterocycles. The number of aliphatic hydroxyl groups is 2. The second-order valence-corrected chi connectivity index (χ2v) is 17.8. The number of para-hydroxylation sites is 1. The molecule has 11 nitrogen and oxygen atoms in total. The number of aliphatic hydroxyl groups excluding tert-OH is 1. The van der Waals surface area contributed by atoms with E-state index in [1.54, 1.807) is 12.1 Å². The molecule has 318 valence electrons. The van der Waals surface area contributed by atoms with Crippen molar-refractivity contribution >= 4 is 50.2 Å². The first-order valence-corrected chi connectivity index (χ1v) is 22.4. The summed E-state index contributed by atoms with van der Waals surface area (Å²) in [5.74, 6) is 3.82. The van der Waals surface area contributed by atoms with E-state index in [2.05, 4.69) is 22.5 Å². The summed E-state index contributed by atoms with van der Waals surface area (Å²) in [7, 11) is 0. The zero-order valence-electron chi connectivity index (χ0n) is 34.4. The van der Waals surface area contributed by atoms with E-state index in [-0.39, 0.29) is 13.2 Å². The number of hydrogen-bond acceptors (Lipinski definition) is 10. The van der Waals surface area contributed by atoms with Gasteiger partial charge in [-0.3, -0.25) is 19.3 Å². The van der Waals surface area contributed by atoms with Crippen LogP contribution in [0, 0.1) is 17.8 Å². The van der Waals surface area contributed by atoms with Crippen LogP contribution in [0.2, 0.25) is 0 Å². The highest BCUT2D eigenvalue weighted by molar-refractivity contribution is 7.22. The summed E-state index contributed by atoms with van der Waals surface area (Å²) >= 11 is 1.31. The van der Waals surface area contributed by atoms with Gasteiger partial charge in [-0.2, -0.15) is 0 Å². The second-order valence-electron chi connectivity index (χ2n) is 16.8. The molecule has 0 bridgehead atoms. The predicted molar refractivity (Wildman–Crippen MR) is 240 cm³/mol. The lowest BCUT2D eigenvalue weighted by Gasteiger charge is -2.46. The van der Waals surface area contributed by atoms with Gasteiger partial charge in [0.25, 0.3) is 0 Å². The Kier molecular flexibility index (Phi) is 10.8. The third-order valence-electron chi connectivity index (χ3n) is 13.0. The van der Waals surface area contributed by atoms with E-state index in [9.17, 15) is 10.2 Å². The fourth-order valence-corrected chi connectivity index (χ4v) is 11.2. The number of esters is 1. The Balaban J connectivity index is 1.23. The minimum atomic E-state index is -1.77. The number of benzene rings is 5. The van der Waals surface area contributed by atoms with E-state index in [4.69, 9.17) is 14.5 Å². The van der Waals surface area contributed by atoms with Gasteiger partial charge in [0.05, 0.1) is 34.8 Å². The number of thiazole rings is 1. The topological polar surface area (TPSA) is 150 Å². The van der Waals surface area contributed by atoms with Crippen LogP contribution >= 0.6 is 11.3 Å². The van der Waals surface area contributed by atoms with Crippen molar-refractivity contribution in [2.45, 2.75) is 73.8 Å². The van der Waals surface area contributed by atoms with Gasteiger partial charge in [0.15, 0.2) is 5.13 Å². The zero-order valence-corrected chi connectivity index (χ0v) is 35.2. The molecule has 2 amide bonds. The first-order valence-electron chi connectivity index (χ1n) is 21.6. The predicted octanol–water partition coefficient (Wildman–Crippen LogP) is 8.01. The lowest BCUT2D eigenvalue weighted by atomic mass is 9.65. The third-order valence-corrected chi connectivity index (χ3v) is 14.0. The van der Waals surface area contributed by atoms with Crippen molar-refractivity contribution in [1.82, 2.24) is 9.88 Å². The summed E-state index contributed by atoms with van der Waals surface area (Å²) in [6.45, 7) is -0.180. The lowest BCUT2D eigenvalue weighted by molar-refractivity contribution is -0.177. The van der Waals surface area contributed by atoms with E-state index in [1.807, 2.05) is 120 Å². The van der Waals surface area contributed by atoms with Crippen LogP contribution in [0.1, 0.15) is 84.5 Å². The SMILES string of the molecule is O=C1OC(c2ccccc2)C(c2ccccc2)N2C1C(C(=O)Nc1nc3ccccc3s1)C1(C(=O)Nc3ccc(C#CC4(O)CCCCCC4)cc31)C2c1cccc(OCCO)c1. The van der Waals surface area contributed by atoms with Gasteiger partial charge in [-0.25, -0.2) is 4.98 Å². The smallest absolute Gasteiger partial charge is 0.324 e. The summed E-state index contributed by atoms with van der Waals surface area (Å²) in [6.07, 6.45) is 4.16. The Bertz CT molecular complexity index is 2730. The van der Waals surface area contributed by atoms with Crippen LogP contribution in [-0.2, 0) is 24.5 Å². The van der Waals surface area contributed by atoms with Gasteiger partial charge in [-0.1, -0.05) is 121 Å². The number of aromatic nitrogens is 1. The number of carbonyl (C=O) groups is 3. The van der Waals surface area contributed by atoms with Crippen molar-refractivity contribution in [1.29, 1.82) is 0 Å². The molecule has 4 heterocycles. The summed E-state index contributed by atoms with van der Waals surface area (Å²) in [5.41, 5.74) is 1.49. The summed E-state index contributed by atoms with van der Waals surface area (Å²) in [4.78, 5) is 53.2. The molecule has 3 fully saturated rings. The minimum Gasteiger partial charge on any atom is -0.491 e. The molecule has 1 spiro atoms. The molecular weight excluding hydrogens is 813 g/mol. The van der Waals surface area contributed by atoms with Gasteiger partial charge in [0.2, 0.25) is 11.8 Å². The largest absolute Gasteiger partial charge is 0.491 e. The van der Waals surface area contributed by atoms with Gasteiger partial charge < -0.3 is 30.3 Å². The highest BCUT2D eigenvalue weighted by Crippen LogP contribution is 2.65. The van der Waals surface area contributed by atoms with Gasteiger partial charge in [-0.15, -0.1) is 0 Å². The van der Waals surface area contributed by atoms with E-state index < -0.39 is 58.9 Å². The number of ether oxygens (including phenoxy) is 2. The van der Waals surface area contributed by atoms with Gasteiger partial charge in [0, 0.05) is 11.3 Å². The Morgan fingerprint density at radius 2 is 1.57 bits per heavy atom. The molecule has 0 radical (unpaired) electrons. The van der Waals surface area contributed by atoms with Gasteiger partial charge in [0.1, 0.15) is 35.5 Å². The number of carbonyl (C=O) groups excluding carboxylic acids is 3. The van der Waals surface area contributed by atoms with Crippen LogP contribution in [0.15, 0.2) is 127 Å². The molecule has 63 heavy (non-hydrogen) atoms. The number of fused-ring (bicyclic) bond motifs is 4. The summed E-state index contributed by atoms with van der Waals surface area (Å²) < 4.78 is 13.4. The molecule has 1 aromatic heterocycles. The van der Waals surface area contributed by atoms with Crippen LogP contribution in [0.4, 0.5) is 10.8 Å². The van der Waals surface area contributed by atoms with Gasteiger partial charge >= 0.3 is 5.97 Å². The Hall–Kier alpha value is -6.36. The fraction of sp³-hybridized carbons (Fsp3) is 0.294. The highest BCUT2D eigenvalue weighted by Gasteiger charge is 2.74. The van der Waals surface area contributed by atoms with Crippen molar-refractivity contribution in [3.05, 3.63) is 155 Å². The second kappa shape index (κ2) is 16.7. The molecule has 6 atom stereocenters. The minimum absolute atomic E-state index is 0.0333. The standard InChI is InChI=1S/C51H46N4O7S/c56-28-29-61-36-19-13-18-35(31-36)45-51(37-30-32(22-23-38(37)52-48(51)59)24-27-50(60)25-11-1-2-12-26-50)41(46(57)54-49-53-39-20-9-10-21-40(39)63-49)43-47(58)62-44(34-16-7-4-8-17-34)42(55(43)45)33-14-5-3-6-15-33/h3-10,13-23,30-31,41-45,56,60H,1-2,11-12,25-26,28-29H2,(H,52,59)(H,53,54,57). The molecule has 1 saturated carbocycles. The van der Waals surface area contributed by atoms with E-state index in [0.29, 0.717) is 51.6 Å². The van der Waals surface area contributed by atoms with Crippen molar-refractivity contribution in [3.63, 3.8) is 0 Å². The number of morpholine rings is 1. The molecule has 12 heteroatoms. The molecule has 4 aliphatic rings. The number of rotatable bonds is 8. The molecule has 1 aliphatic carbocycles. The van der Waals surface area contributed by atoms with Crippen molar-refractivity contribution < 1.29 is 34.1 Å². The number of nitrogens with zero attached hydrogens (tertiary/aromatic N) is 2. The molecule has 10 rings (SSSR count). The average Bonchev–Trinajstić information content (AvgIpc) is 3.89. The van der Waals surface area contributed by atoms with Gasteiger partial charge in [-0.05, 0) is 90.4 Å². The number of anilines is 2. The average molecular weight is 859 g/mol. The number of cyclic esters (lactones) is 1. The van der Waals surface area contributed by atoms with Crippen LogP contribution < -0.4 is 15.4 Å². The van der Waals surface area contributed by atoms with Crippen LogP contribution in [0.25, 0.3) is 10.2 Å². The molecule has 6 aromatic rings. The van der Waals surface area contributed by atoms with E-state index in [1.165, 1.54) is 11.3 Å². The number of amides is 2. The monoisotopic (exact) mass is 858 g/mol. The molecule has 4 N–H and O–H groups in total. The van der Waals surface area contributed by atoms with Crippen LogP contribution in [0.3, 0.4) is 0 Å². The number of hydrogen-bond donors (Lipinski definition) is 4. The normalized spacial score (nSPS) is 25.0. The maximum Gasteiger partial charge on any atom is 0.324 e. The zero-order chi connectivity index (χ0) is 43.1. The maximum atomic E-state index is 15.6. The molecule has 6 unspecified atom stereocenters. The van der Waals surface area contributed by atoms with E-state index >= 15 is 14.4 Å². The van der Waals surface area contributed by atoms with E-state index in [0.717, 1.165) is 41.5 Å². The lowest BCUT2D eigenvalue weighted by Crippen LogP contribution is -2.53. The quantitative estimate of drug-likeness (QED) is 0.0678. The molecular formula is C51H46N4O7S. The maximum absolute atomic E-state index is 15.6. The van der Waals surface area contributed by atoms with Crippen molar-refractivity contribution in [2.75, 3.05) is 23.8 Å².